The van der Waals surface area contributed by atoms with Crippen LogP contribution in [0.25, 0.3) is 0 Å². The topological polar surface area (TPSA) is 110 Å². The summed E-state index contributed by atoms with van der Waals surface area (Å²) in [5.41, 5.74) is 0.232. The summed E-state index contributed by atoms with van der Waals surface area (Å²) in [6.45, 7) is -0.0271. The smallest absolute Gasteiger partial charge is 0.373 e. The molecule has 8 heteroatoms. The van der Waals surface area contributed by atoms with Crippen LogP contribution in [-0.4, -0.2) is 37.3 Å². The van der Waals surface area contributed by atoms with Gasteiger partial charge in [0.25, 0.3) is 10.1 Å². The Kier molecular flexibility index (Phi) is 5.46. The molecule has 0 aromatic heterocycles. The molecule has 0 heterocycles. The van der Waals surface area contributed by atoms with E-state index in [0.29, 0.717) is 0 Å². The lowest BCUT2D eigenvalue weighted by Gasteiger charge is -2.04. The van der Waals surface area contributed by atoms with Gasteiger partial charge in [0.2, 0.25) is 0 Å². The van der Waals surface area contributed by atoms with Gasteiger partial charge >= 0.3 is 12.1 Å². The summed E-state index contributed by atoms with van der Waals surface area (Å²) in [6, 6.07) is 7.95. The Labute approximate surface area is 110 Å². The fourth-order valence-electron chi connectivity index (χ4n) is 1.20. The first kappa shape index (κ1) is 15.1. The lowest BCUT2D eigenvalue weighted by atomic mass is 10.2. The van der Waals surface area contributed by atoms with Crippen molar-refractivity contribution < 1.29 is 27.3 Å². The van der Waals surface area contributed by atoms with Gasteiger partial charge in [-0.1, -0.05) is 18.2 Å². The largest absolute Gasteiger partial charge is 0.415 e. The fourth-order valence-corrected chi connectivity index (χ4v) is 1.71. The Bertz CT molecular complexity index is 540. The van der Waals surface area contributed by atoms with E-state index in [1.165, 1.54) is 12.1 Å². The minimum absolute atomic E-state index is 0.0213. The van der Waals surface area contributed by atoms with Crippen molar-refractivity contribution in [2.45, 2.75) is 6.42 Å². The van der Waals surface area contributed by atoms with Gasteiger partial charge in [0.1, 0.15) is 0 Å². The molecule has 0 radical (unpaired) electrons. The lowest BCUT2D eigenvalue weighted by molar-refractivity contribution is 0.0622. The van der Waals surface area contributed by atoms with Crippen LogP contribution in [0.3, 0.4) is 0 Å². The molecule has 0 bridgehead atoms. The summed E-state index contributed by atoms with van der Waals surface area (Å²) in [5, 5.41) is 2.20. The van der Waals surface area contributed by atoms with Crippen LogP contribution in [0.5, 0.6) is 0 Å². The number of hydrogen-bond donors (Lipinski definition) is 2. The van der Waals surface area contributed by atoms with Crippen LogP contribution in [-0.2, 0) is 14.9 Å². The van der Waals surface area contributed by atoms with Crippen molar-refractivity contribution in [2.24, 2.45) is 0 Å². The summed E-state index contributed by atoms with van der Waals surface area (Å²) in [4.78, 5) is 22.6. The molecule has 0 saturated heterocycles. The number of rotatable bonds is 5. The zero-order valence-corrected chi connectivity index (χ0v) is 10.7. The Balaban J connectivity index is 2.30. The Morgan fingerprint density at radius 3 is 2.42 bits per heavy atom. The molecule has 7 nitrogen and oxygen atoms in total. The second-order valence-corrected chi connectivity index (χ2v) is 5.18. The van der Waals surface area contributed by atoms with Crippen molar-refractivity contribution in [1.82, 2.24) is 5.32 Å². The summed E-state index contributed by atoms with van der Waals surface area (Å²) in [6.07, 6.45) is -0.947. The lowest BCUT2D eigenvalue weighted by Crippen LogP contribution is -2.28. The number of alkyl carbamates (subject to hydrolysis) is 1. The maximum absolute atomic E-state index is 11.4. The van der Waals surface area contributed by atoms with Crippen LogP contribution in [0.1, 0.15) is 16.8 Å². The summed E-state index contributed by atoms with van der Waals surface area (Å²) < 4.78 is 33.7. The molecule has 2 N–H and O–H groups in total. The first-order valence-electron chi connectivity index (χ1n) is 5.39. The van der Waals surface area contributed by atoms with Gasteiger partial charge in [-0.15, -0.1) is 0 Å². The van der Waals surface area contributed by atoms with Gasteiger partial charge in [-0.25, -0.2) is 9.59 Å². The molecule has 1 aromatic carbocycles. The summed E-state index contributed by atoms with van der Waals surface area (Å²) in [5.74, 6) is -1.27. The number of carbonyl (C=O) groups is 2. The molecule has 19 heavy (non-hydrogen) atoms. The third-order valence-electron chi connectivity index (χ3n) is 2.04. The van der Waals surface area contributed by atoms with E-state index in [1.54, 1.807) is 18.2 Å². The second-order valence-electron chi connectivity index (χ2n) is 3.61. The molecule has 0 aliphatic carbocycles. The van der Waals surface area contributed by atoms with Crippen LogP contribution in [0.15, 0.2) is 30.3 Å². The highest BCUT2D eigenvalue weighted by Crippen LogP contribution is 2.01. The monoisotopic (exact) mass is 287 g/mol. The molecule has 0 aliphatic heterocycles. The van der Waals surface area contributed by atoms with E-state index in [1.807, 2.05) is 0 Å². The second kappa shape index (κ2) is 6.86. The molecule has 0 atom stereocenters. The highest BCUT2D eigenvalue weighted by Gasteiger charge is 2.12. The highest BCUT2D eigenvalue weighted by molar-refractivity contribution is 7.85. The predicted molar refractivity (Wildman–Crippen MR) is 66.3 cm³/mol. The molecule has 0 fully saturated rings. The van der Waals surface area contributed by atoms with Gasteiger partial charge in [0.15, 0.2) is 0 Å². The van der Waals surface area contributed by atoms with Gasteiger partial charge < -0.3 is 10.1 Å². The molecule has 104 valence electrons. The summed E-state index contributed by atoms with van der Waals surface area (Å²) >= 11 is 0. The molecule has 1 aromatic rings. The van der Waals surface area contributed by atoms with Crippen molar-refractivity contribution in [3.05, 3.63) is 35.9 Å². The average molecular weight is 287 g/mol. The number of esters is 1. The standard InChI is InChI=1S/C11H13NO6S/c13-10(9-5-2-1-3-6-9)18-11(14)12-7-4-8-19(15,16)17/h1-3,5-6H,4,7-8H2,(H,12,14)(H,15,16,17). The third kappa shape index (κ3) is 6.53. The molecule has 0 unspecified atom stereocenters. The molecule has 1 amide bonds. The number of benzene rings is 1. The number of carbonyl (C=O) groups excluding carboxylic acids is 2. The van der Waals surface area contributed by atoms with Gasteiger partial charge in [0, 0.05) is 6.54 Å². The maximum Gasteiger partial charge on any atom is 0.415 e. The zero-order valence-electron chi connectivity index (χ0n) is 9.90. The van der Waals surface area contributed by atoms with Crippen molar-refractivity contribution in [3.8, 4) is 0 Å². The number of nitrogens with one attached hydrogen (secondary N) is 1. The molecule has 0 saturated carbocycles. The predicted octanol–water partition coefficient (Wildman–Crippen LogP) is 0.831. The Morgan fingerprint density at radius 2 is 1.84 bits per heavy atom. The minimum Gasteiger partial charge on any atom is -0.373 e. The average Bonchev–Trinajstić information content (AvgIpc) is 2.34. The van der Waals surface area contributed by atoms with E-state index in [-0.39, 0.29) is 18.5 Å². The van der Waals surface area contributed by atoms with E-state index in [4.69, 9.17) is 4.55 Å². The van der Waals surface area contributed by atoms with Gasteiger partial charge in [-0.2, -0.15) is 8.42 Å². The zero-order chi connectivity index (χ0) is 14.3. The van der Waals surface area contributed by atoms with E-state index in [0.717, 1.165) is 0 Å². The van der Waals surface area contributed by atoms with Crippen molar-refractivity contribution in [3.63, 3.8) is 0 Å². The van der Waals surface area contributed by atoms with Crippen molar-refractivity contribution in [1.29, 1.82) is 0 Å². The first-order valence-corrected chi connectivity index (χ1v) is 6.99. The van der Waals surface area contributed by atoms with Crippen molar-refractivity contribution in [2.75, 3.05) is 12.3 Å². The maximum atomic E-state index is 11.4. The normalized spacial score (nSPS) is 10.8. The van der Waals surface area contributed by atoms with Gasteiger partial charge in [0.05, 0.1) is 11.3 Å². The quantitative estimate of drug-likeness (QED) is 0.359. The molecular weight excluding hydrogens is 274 g/mol. The minimum atomic E-state index is -4.05. The van der Waals surface area contributed by atoms with Crippen LogP contribution in [0.2, 0.25) is 0 Å². The van der Waals surface area contributed by atoms with Crippen molar-refractivity contribution >= 4 is 22.2 Å². The SMILES string of the molecule is O=C(NCCCS(=O)(=O)O)OC(=O)c1ccccc1. The van der Waals surface area contributed by atoms with E-state index >= 15 is 0 Å². The van der Waals surface area contributed by atoms with E-state index in [2.05, 4.69) is 10.1 Å². The van der Waals surface area contributed by atoms with Crippen LogP contribution < -0.4 is 5.32 Å². The number of hydrogen-bond acceptors (Lipinski definition) is 5. The number of ether oxygens (including phenoxy) is 1. The van der Waals surface area contributed by atoms with Crippen LogP contribution >= 0.6 is 0 Å². The Morgan fingerprint density at radius 1 is 1.21 bits per heavy atom. The van der Waals surface area contributed by atoms with E-state index < -0.39 is 27.9 Å². The number of amides is 1. The van der Waals surface area contributed by atoms with E-state index in [9.17, 15) is 18.0 Å². The Hall–Kier alpha value is -1.93. The third-order valence-corrected chi connectivity index (χ3v) is 2.85. The fraction of sp³-hybridized carbons (Fsp3) is 0.273. The molecule has 1 rings (SSSR count). The molecular formula is C11H13NO6S. The van der Waals surface area contributed by atoms with Crippen LogP contribution in [0.4, 0.5) is 4.79 Å². The molecule has 0 aliphatic rings. The highest BCUT2D eigenvalue weighted by atomic mass is 32.2. The van der Waals surface area contributed by atoms with Crippen LogP contribution in [0, 0.1) is 0 Å². The van der Waals surface area contributed by atoms with Gasteiger partial charge in [-0.3, -0.25) is 4.55 Å². The first-order chi connectivity index (χ1) is 8.88. The summed E-state index contributed by atoms with van der Waals surface area (Å²) in [7, 11) is -4.05. The van der Waals surface area contributed by atoms with Gasteiger partial charge in [-0.05, 0) is 18.6 Å². The molecule has 0 spiro atoms.